The van der Waals surface area contributed by atoms with Crippen LogP contribution in [-0.4, -0.2) is 55.7 Å². The number of aryl methyl sites for hydroxylation is 1. The summed E-state index contributed by atoms with van der Waals surface area (Å²) in [7, 11) is 4.86. The molecule has 3 heterocycles. The number of carbonyl (C=O) groups excluding carboxylic acids is 2. The van der Waals surface area contributed by atoms with E-state index in [4.69, 9.17) is 19.4 Å². The Morgan fingerprint density at radius 1 is 1.29 bits per heavy atom. The Morgan fingerprint density at radius 3 is 2.68 bits per heavy atom. The van der Waals surface area contributed by atoms with E-state index in [0.717, 1.165) is 0 Å². The van der Waals surface area contributed by atoms with Gasteiger partial charge in [-0.3, -0.25) is 13.8 Å². The molecule has 170 valence electrons. The van der Waals surface area contributed by atoms with Crippen molar-refractivity contribution in [3.63, 3.8) is 0 Å². The number of aromatic nitrogens is 3. The van der Waals surface area contributed by atoms with Crippen molar-refractivity contribution >= 4 is 53.3 Å². The topological polar surface area (TPSA) is 130 Å². The second-order valence-corrected chi connectivity index (χ2v) is 10.1. The highest BCUT2D eigenvalue weighted by molar-refractivity contribution is 7.86. The van der Waals surface area contributed by atoms with Crippen molar-refractivity contribution < 1.29 is 13.8 Å². The van der Waals surface area contributed by atoms with Crippen LogP contribution < -0.4 is 16.2 Å². The van der Waals surface area contributed by atoms with E-state index in [2.05, 4.69) is 20.7 Å². The van der Waals surface area contributed by atoms with Gasteiger partial charge < -0.3 is 10.6 Å². The first-order chi connectivity index (χ1) is 16.1. The maximum atomic E-state index is 13.3. The minimum atomic E-state index is -0.980. The zero-order valence-electron chi connectivity index (χ0n) is 18.3. The molecule has 2 radical (unpaired) electrons. The number of hydrogen-bond acceptors (Lipinski definition) is 6. The number of benzene rings is 1. The molecule has 1 fully saturated rings. The molecule has 1 saturated heterocycles. The smallest absolute Gasteiger partial charge is 0.274 e. The highest BCUT2D eigenvalue weighted by Crippen LogP contribution is 2.27. The third-order valence-electron chi connectivity index (χ3n) is 5.22. The molecule has 1 aromatic carbocycles. The minimum absolute atomic E-state index is 0.0505. The first-order valence-corrected chi connectivity index (χ1v) is 12.0. The summed E-state index contributed by atoms with van der Waals surface area (Å²) in [4.78, 5) is 30.6. The number of pyridine rings is 1. The lowest BCUT2D eigenvalue weighted by molar-refractivity contribution is 0.0918. The number of halogens is 1. The maximum absolute atomic E-state index is 13.3. The molecule has 34 heavy (non-hydrogen) atoms. The van der Waals surface area contributed by atoms with Gasteiger partial charge in [0.1, 0.15) is 13.5 Å². The molecule has 4 rings (SSSR count). The Balaban J connectivity index is 1.71. The van der Waals surface area contributed by atoms with Gasteiger partial charge in [0.05, 0.1) is 33.4 Å². The van der Waals surface area contributed by atoms with Gasteiger partial charge >= 0.3 is 0 Å². The average molecular weight is 493 g/mol. The Morgan fingerprint density at radius 2 is 2.03 bits per heavy atom. The van der Waals surface area contributed by atoms with Crippen LogP contribution in [0.15, 0.2) is 36.5 Å². The molecule has 0 unspecified atom stereocenters. The third-order valence-corrected chi connectivity index (χ3v) is 7.44. The number of anilines is 1. The Kier molecular flexibility index (Phi) is 6.29. The Labute approximate surface area is 204 Å². The number of carbonyl (C=O) groups is 2. The van der Waals surface area contributed by atoms with Crippen molar-refractivity contribution in [3.8, 4) is 11.9 Å². The lowest BCUT2D eigenvalue weighted by atomic mass is 10.0. The fourth-order valence-electron chi connectivity index (χ4n) is 3.71. The number of nitrogens with zero attached hydrogens (tertiary/aromatic N) is 4. The zero-order chi connectivity index (χ0) is 24.6. The van der Waals surface area contributed by atoms with E-state index >= 15 is 0 Å². The second kappa shape index (κ2) is 9.04. The van der Waals surface area contributed by atoms with E-state index in [0.29, 0.717) is 17.1 Å². The van der Waals surface area contributed by atoms with Crippen LogP contribution in [0.25, 0.3) is 5.82 Å². The number of nitriles is 1. The van der Waals surface area contributed by atoms with Gasteiger partial charge in [-0.2, -0.15) is 10.4 Å². The fraction of sp³-hybridized carbons (Fsp3) is 0.227. The monoisotopic (exact) mass is 492 g/mol. The van der Waals surface area contributed by atoms with Crippen molar-refractivity contribution in [3.05, 3.63) is 63.9 Å². The SMILES string of the molecule is [B]c1cc(C(=O)Nc2c(C)cc(C#N)cc2C(=O)NC2(C)CS(=O)C2)n(-c2ncccc2Cl)n1. The summed E-state index contributed by atoms with van der Waals surface area (Å²) in [5.41, 5.74) is 0.611. The molecule has 0 atom stereocenters. The van der Waals surface area contributed by atoms with E-state index in [-0.39, 0.29) is 38.9 Å². The lowest BCUT2D eigenvalue weighted by Gasteiger charge is -2.38. The number of rotatable bonds is 5. The fourth-order valence-corrected chi connectivity index (χ4v) is 5.39. The van der Waals surface area contributed by atoms with Gasteiger partial charge in [0.2, 0.25) is 0 Å². The van der Waals surface area contributed by atoms with E-state index in [9.17, 15) is 19.1 Å². The molecular weight excluding hydrogens is 475 g/mol. The van der Waals surface area contributed by atoms with E-state index < -0.39 is 28.2 Å². The van der Waals surface area contributed by atoms with Gasteiger partial charge in [-0.15, -0.1) is 0 Å². The van der Waals surface area contributed by atoms with Crippen molar-refractivity contribution in [2.45, 2.75) is 19.4 Å². The van der Waals surface area contributed by atoms with Crippen molar-refractivity contribution in [2.24, 2.45) is 0 Å². The number of hydrogen-bond donors (Lipinski definition) is 2. The van der Waals surface area contributed by atoms with E-state index in [1.54, 1.807) is 32.0 Å². The van der Waals surface area contributed by atoms with Crippen molar-refractivity contribution in [2.75, 3.05) is 16.8 Å². The van der Waals surface area contributed by atoms with Gasteiger partial charge in [-0.05, 0) is 49.7 Å². The molecule has 1 aliphatic rings. The molecule has 12 heteroatoms. The predicted molar refractivity (Wildman–Crippen MR) is 129 cm³/mol. The maximum Gasteiger partial charge on any atom is 0.274 e. The zero-order valence-corrected chi connectivity index (χ0v) is 19.8. The second-order valence-electron chi connectivity index (χ2n) is 8.20. The van der Waals surface area contributed by atoms with Crippen LogP contribution in [0, 0.1) is 18.3 Å². The molecular formula is C22H18BClN6O3S. The molecule has 3 aromatic rings. The Bertz CT molecular complexity index is 1390. The van der Waals surface area contributed by atoms with Gasteiger partial charge in [0.15, 0.2) is 5.82 Å². The van der Waals surface area contributed by atoms with E-state index in [1.165, 1.54) is 23.0 Å². The third kappa shape index (κ3) is 4.60. The summed E-state index contributed by atoms with van der Waals surface area (Å²) in [5.74, 6) is -0.216. The quantitative estimate of drug-likeness (QED) is 0.518. The molecule has 1 aliphatic heterocycles. The summed E-state index contributed by atoms with van der Waals surface area (Å²) < 4.78 is 12.8. The highest BCUT2D eigenvalue weighted by atomic mass is 35.5. The molecule has 2 amide bonds. The summed E-state index contributed by atoms with van der Waals surface area (Å²) in [6.45, 7) is 3.47. The summed E-state index contributed by atoms with van der Waals surface area (Å²) in [6.07, 6.45) is 1.50. The number of amides is 2. The summed E-state index contributed by atoms with van der Waals surface area (Å²) in [5, 5.41) is 19.4. The lowest BCUT2D eigenvalue weighted by Crippen LogP contribution is -2.61. The van der Waals surface area contributed by atoms with Gasteiger partial charge in [0.25, 0.3) is 11.8 Å². The molecule has 2 aromatic heterocycles. The first kappa shape index (κ1) is 23.7. The van der Waals surface area contributed by atoms with Crippen molar-refractivity contribution in [1.29, 1.82) is 5.26 Å². The highest BCUT2D eigenvalue weighted by Gasteiger charge is 2.40. The van der Waals surface area contributed by atoms with Crippen LogP contribution in [-0.2, 0) is 10.8 Å². The average Bonchev–Trinajstić information content (AvgIpc) is 3.15. The standard InChI is InChI=1S/C22H18BClN6O3S/c1-12-6-13(9-25)7-14(20(31)28-22(2)10-34(33)11-22)18(12)27-21(32)16-8-17(23)29-30(16)19-15(24)4-3-5-26-19/h3-8H,10-11H2,1-2H3,(H,27,32)(H,28,31). The largest absolute Gasteiger partial charge is 0.345 e. The van der Waals surface area contributed by atoms with Crippen LogP contribution in [0.5, 0.6) is 0 Å². The molecule has 0 spiro atoms. The summed E-state index contributed by atoms with van der Waals surface area (Å²) in [6, 6.07) is 9.59. The van der Waals surface area contributed by atoms with Crippen LogP contribution in [0.2, 0.25) is 5.02 Å². The van der Waals surface area contributed by atoms with Gasteiger partial charge in [-0.1, -0.05) is 11.6 Å². The molecule has 0 aliphatic carbocycles. The van der Waals surface area contributed by atoms with Gasteiger partial charge in [0, 0.05) is 34.1 Å². The van der Waals surface area contributed by atoms with Crippen molar-refractivity contribution in [1.82, 2.24) is 20.1 Å². The normalized spacial score (nSPS) is 19.1. The van der Waals surface area contributed by atoms with E-state index in [1.807, 2.05) is 6.07 Å². The number of nitrogens with one attached hydrogen (secondary N) is 2. The van der Waals surface area contributed by atoms with Crippen LogP contribution >= 0.6 is 11.6 Å². The minimum Gasteiger partial charge on any atom is -0.345 e. The van der Waals surface area contributed by atoms with Crippen LogP contribution in [0.4, 0.5) is 5.69 Å². The van der Waals surface area contributed by atoms with Crippen LogP contribution in [0.3, 0.4) is 0 Å². The molecule has 2 N–H and O–H groups in total. The Hall–Kier alpha value is -3.49. The summed E-state index contributed by atoms with van der Waals surface area (Å²) >= 11 is 6.22. The molecule has 0 bridgehead atoms. The predicted octanol–water partition coefficient (Wildman–Crippen LogP) is 1.40. The van der Waals surface area contributed by atoms with Crippen LogP contribution in [0.1, 0.15) is 38.9 Å². The van der Waals surface area contributed by atoms with Gasteiger partial charge in [-0.25, -0.2) is 9.67 Å². The first-order valence-electron chi connectivity index (χ1n) is 10.1. The molecule has 0 saturated carbocycles. The molecule has 9 nitrogen and oxygen atoms in total.